The van der Waals surface area contributed by atoms with E-state index in [1.165, 1.54) is 7.11 Å². The predicted octanol–water partition coefficient (Wildman–Crippen LogP) is 0.00590. The minimum absolute atomic E-state index is 0.0726. The van der Waals surface area contributed by atoms with E-state index in [4.69, 9.17) is 0 Å². The maximum absolute atomic E-state index is 11.8. The molecule has 0 bridgehead atoms. The molecule has 1 saturated heterocycles. The molecule has 2 unspecified atom stereocenters. The van der Waals surface area contributed by atoms with Crippen LogP contribution in [0, 0.1) is 5.92 Å². The Balaban J connectivity index is 2.74. The number of carbonyl (C=O) groups excluding carboxylic acids is 2. The average Bonchev–Trinajstić information content (AvgIpc) is 2.41. The van der Waals surface area contributed by atoms with Gasteiger partial charge in [-0.25, -0.2) is 0 Å². The van der Waals surface area contributed by atoms with Gasteiger partial charge < -0.3 is 10.1 Å². The number of ether oxygens (including phenoxy) is 1. The maximum Gasteiger partial charge on any atom is 0.307 e. The van der Waals surface area contributed by atoms with Crippen molar-refractivity contribution < 1.29 is 14.3 Å². The molecule has 0 aromatic heterocycles. The number of hydrogen-bond acceptors (Lipinski definition) is 4. The standard InChI is InChI=1S/C11H20N2O3/c1-4-13-7-8(2)6-12-11(15)9(13)5-10(14)16-3/h8-9H,4-7H2,1-3H3,(H,12,15). The summed E-state index contributed by atoms with van der Waals surface area (Å²) in [4.78, 5) is 25.1. The number of esters is 1. The van der Waals surface area contributed by atoms with Crippen LogP contribution in [0.25, 0.3) is 0 Å². The normalized spacial score (nSPS) is 27.1. The van der Waals surface area contributed by atoms with Gasteiger partial charge in [-0.15, -0.1) is 0 Å². The monoisotopic (exact) mass is 228 g/mol. The number of methoxy groups -OCH3 is 1. The van der Waals surface area contributed by atoms with Crippen molar-refractivity contribution in [3.05, 3.63) is 0 Å². The fourth-order valence-corrected chi connectivity index (χ4v) is 1.96. The highest BCUT2D eigenvalue weighted by atomic mass is 16.5. The van der Waals surface area contributed by atoms with Gasteiger partial charge in [0.25, 0.3) is 0 Å². The summed E-state index contributed by atoms with van der Waals surface area (Å²) in [5.74, 6) is -0.00343. The van der Waals surface area contributed by atoms with Crippen molar-refractivity contribution in [3.63, 3.8) is 0 Å². The minimum atomic E-state index is -0.387. The van der Waals surface area contributed by atoms with Crippen molar-refractivity contribution in [2.45, 2.75) is 26.3 Å². The van der Waals surface area contributed by atoms with Crippen LogP contribution in [-0.2, 0) is 14.3 Å². The van der Waals surface area contributed by atoms with Crippen molar-refractivity contribution in [1.82, 2.24) is 10.2 Å². The van der Waals surface area contributed by atoms with Crippen molar-refractivity contribution in [2.24, 2.45) is 5.92 Å². The number of likely N-dealkylation sites (N-methyl/N-ethyl adjacent to an activating group) is 1. The molecular weight excluding hydrogens is 208 g/mol. The lowest BCUT2D eigenvalue weighted by Gasteiger charge is -2.26. The predicted molar refractivity (Wildman–Crippen MR) is 59.8 cm³/mol. The van der Waals surface area contributed by atoms with Gasteiger partial charge in [0.2, 0.25) is 5.91 Å². The molecule has 1 fully saturated rings. The zero-order chi connectivity index (χ0) is 12.1. The van der Waals surface area contributed by atoms with Crippen LogP contribution < -0.4 is 5.32 Å². The first-order chi connectivity index (χ1) is 7.58. The van der Waals surface area contributed by atoms with Crippen molar-refractivity contribution in [3.8, 4) is 0 Å². The third-order valence-electron chi connectivity index (χ3n) is 2.91. The minimum Gasteiger partial charge on any atom is -0.469 e. The summed E-state index contributed by atoms with van der Waals surface area (Å²) in [6.07, 6.45) is 0.128. The van der Waals surface area contributed by atoms with Gasteiger partial charge in [0.05, 0.1) is 19.6 Å². The van der Waals surface area contributed by atoms with E-state index in [9.17, 15) is 9.59 Å². The summed E-state index contributed by atoms with van der Waals surface area (Å²) in [5.41, 5.74) is 0. The highest BCUT2D eigenvalue weighted by molar-refractivity contribution is 5.86. The Morgan fingerprint density at radius 3 is 2.88 bits per heavy atom. The van der Waals surface area contributed by atoms with E-state index in [0.29, 0.717) is 12.5 Å². The number of carbonyl (C=O) groups is 2. The van der Waals surface area contributed by atoms with E-state index in [2.05, 4.69) is 17.0 Å². The van der Waals surface area contributed by atoms with E-state index >= 15 is 0 Å². The Bertz CT molecular complexity index is 268. The van der Waals surface area contributed by atoms with E-state index in [-0.39, 0.29) is 24.3 Å². The Hall–Kier alpha value is -1.10. The number of nitrogens with zero attached hydrogens (tertiary/aromatic N) is 1. The third kappa shape index (κ3) is 3.20. The second kappa shape index (κ2) is 5.84. The molecule has 92 valence electrons. The number of amides is 1. The highest BCUT2D eigenvalue weighted by Gasteiger charge is 2.31. The second-order valence-corrected chi connectivity index (χ2v) is 4.23. The zero-order valence-corrected chi connectivity index (χ0v) is 10.2. The smallest absolute Gasteiger partial charge is 0.307 e. The van der Waals surface area contributed by atoms with Crippen molar-refractivity contribution in [1.29, 1.82) is 0 Å². The molecule has 2 atom stereocenters. The molecule has 5 nitrogen and oxygen atoms in total. The quantitative estimate of drug-likeness (QED) is 0.691. The van der Waals surface area contributed by atoms with E-state index in [0.717, 1.165) is 13.1 Å². The molecule has 1 rings (SSSR count). The molecule has 1 aliphatic heterocycles. The highest BCUT2D eigenvalue weighted by Crippen LogP contribution is 2.12. The molecule has 0 spiro atoms. The first-order valence-corrected chi connectivity index (χ1v) is 5.67. The summed E-state index contributed by atoms with van der Waals surface area (Å²) in [6.45, 7) is 6.35. The van der Waals surface area contributed by atoms with Crippen LogP contribution in [0.15, 0.2) is 0 Å². The van der Waals surface area contributed by atoms with Crippen LogP contribution in [0.1, 0.15) is 20.3 Å². The van der Waals surface area contributed by atoms with Gasteiger partial charge in [-0.3, -0.25) is 14.5 Å². The van der Waals surface area contributed by atoms with E-state index in [1.54, 1.807) is 0 Å². The van der Waals surface area contributed by atoms with Crippen molar-refractivity contribution >= 4 is 11.9 Å². The van der Waals surface area contributed by atoms with Gasteiger partial charge in [-0.1, -0.05) is 13.8 Å². The molecule has 1 aliphatic rings. The lowest BCUT2D eigenvalue weighted by Crippen LogP contribution is -2.45. The van der Waals surface area contributed by atoms with Crippen molar-refractivity contribution in [2.75, 3.05) is 26.7 Å². The fraction of sp³-hybridized carbons (Fsp3) is 0.818. The molecule has 0 saturated carbocycles. The molecule has 0 radical (unpaired) electrons. The Kier molecular flexibility index (Phi) is 4.73. The lowest BCUT2D eigenvalue weighted by atomic mass is 10.1. The molecule has 5 heteroatoms. The molecule has 1 N–H and O–H groups in total. The van der Waals surface area contributed by atoms with Crippen LogP contribution in [0.2, 0.25) is 0 Å². The summed E-state index contributed by atoms with van der Waals surface area (Å²) < 4.78 is 4.62. The molecular formula is C11H20N2O3. The van der Waals surface area contributed by atoms with Crippen LogP contribution in [0.3, 0.4) is 0 Å². The largest absolute Gasteiger partial charge is 0.469 e. The van der Waals surface area contributed by atoms with Gasteiger partial charge in [0, 0.05) is 13.1 Å². The molecule has 1 amide bonds. The number of hydrogen-bond donors (Lipinski definition) is 1. The summed E-state index contributed by atoms with van der Waals surface area (Å²) in [7, 11) is 1.34. The second-order valence-electron chi connectivity index (χ2n) is 4.23. The first kappa shape index (κ1) is 13.0. The summed E-state index contributed by atoms with van der Waals surface area (Å²) in [6, 6.07) is -0.387. The molecule has 1 heterocycles. The van der Waals surface area contributed by atoms with Gasteiger partial charge in [0.15, 0.2) is 0 Å². The molecule has 0 aromatic rings. The summed E-state index contributed by atoms with van der Waals surface area (Å²) >= 11 is 0. The van der Waals surface area contributed by atoms with Crippen LogP contribution >= 0.6 is 0 Å². The molecule has 16 heavy (non-hydrogen) atoms. The van der Waals surface area contributed by atoms with Crippen LogP contribution in [0.5, 0.6) is 0 Å². The van der Waals surface area contributed by atoms with E-state index in [1.807, 2.05) is 11.8 Å². The number of nitrogens with one attached hydrogen (secondary N) is 1. The zero-order valence-electron chi connectivity index (χ0n) is 10.2. The molecule has 0 aliphatic carbocycles. The van der Waals surface area contributed by atoms with Gasteiger partial charge in [-0.05, 0) is 12.5 Å². The maximum atomic E-state index is 11.8. The Morgan fingerprint density at radius 2 is 2.31 bits per heavy atom. The van der Waals surface area contributed by atoms with E-state index < -0.39 is 0 Å². The fourth-order valence-electron chi connectivity index (χ4n) is 1.96. The van der Waals surface area contributed by atoms with Gasteiger partial charge in [0.1, 0.15) is 0 Å². The number of rotatable bonds is 3. The third-order valence-corrected chi connectivity index (χ3v) is 2.91. The van der Waals surface area contributed by atoms with Crippen LogP contribution in [-0.4, -0.2) is 49.6 Å². The van der Waals surface area contributed by atoms with Gasteiger partial charge in [-0.2, -0.15) is 0 Å². The first-order valence-electron chi connectivity index (χ1n) is 5.67. The Morgan fingerprint density at radius 1 is 1.62 bits per heavy atom. The SMILES string of the molecule is CCN1CC(C)CNC(=O)C1CC(=O)OC. The van der Waals surface area contributed by atoms with Gasteiger partial charge >= 0.3 is 5.97 Å². The lowest BCUT2D eigenvalue weighted by molar-refractivity contribution is -0.144. The summed E-state index contributed by atoms with van der Waals surface area (Å²) in [5, 5.41) is 2.85. The van der Waals surface area contributed by atoms with Crippen LogP contribution in [0.4, 0.5) is 0 Å². The topological polar surface area (TPSA) is 58.6 Å². The Labute approximate surface area is 96.1 Å². The average molecular weight is 228 g/mol. The molecule has 0 aromatic carbocycles.